The summed E-state index contributed by atoms with van der Waals surface area (Å²) < 4.78 is 0. The van der Waals surface area contributed by atoms with E-state index in [2.05, 4.69) is 21.9 Å². The molecule has 0 aliphatic heterocycles. The number of halogens is 1. The van der Waals surface area contributed by atoms with Crippen LogP contribution in [0.25, 0.3) is 10.4 Å². The zero-order valence-corrected chi connectivity index (χ0v) is 8.70. The highest BCUT2D eigenvalue weighted by molar-refractivity contribution is 6.30. The fraction of sp³-hybridized carbons (Fsp3) is 0.200. The van der Waals surface area contributed by atoms with Crippen LogP contribution in [0.2, 0.25) is 5.02 Å². The Balaban J connectivity index is 2.67. The lowest BCUT2D eigenvalue weighted by Crippen LogP contribution is -1.85. The third kappa shape index (κ3) is 4.28. The molecule has 0 amide bonds. The van der Waals surface area contributed by atoms with E-state index in [1.54, 1.807) is 18.2 Å². The molecule has 0 atom stereocenters. The van der Waals surface area contributed by atoms with Gasteiger partial charge in [0.15, 0.2) is 0 Å². The lowest BCUT2D eigenvalue weighted by atomic mass is 10.2. The van der Waals surface area contributed by atoms with Gasteiger partial charge in [-0.05, 0) is 23.7 Å². The van der Waals surface area contributed by atoms with E-state index in [-0.39, 0.29) is 0 Å². The van der Waals surface area contributed by atoms with Crippen LogP contribution in [-0.4, -0.2) is 6.54 Å². The minimum atomic E-state index is 0.375. The van der Waals surface area contributed by atoms with Crippen LogP contribution >= 0.6 is 11.6 Å². The molecule has 5 heteroatoms. The van der Waals surface area contributed by atoms with E-state index in [0.29, 0.717) is 23.7 Å². The minimum absolute atomic E-state index is 0.375. The SMILES string of the molecule is [N-]=[N+]=NCCC#Cc1cc(N)cc(Cl)c1. The van der Waals surface area contributed by atoms with Gasteiger partial charge in [0.25, 0.3) is 0 Å². The molecule has 0 saturated carbocycles. The fourth-order valence-electron chi connectivity index (χ4n) is 1.000. The number of anilines is 1. The smallest absolute Gasteiger partial charge is 0.0438 e. The van der Waals surface area contributed by atoms with Crippen LogP contribution in [0.1, 0.15) is 12.0 Å². The second kappa shape index (κ2) is 5.82. The summed E-state index contributed by atoms with van der Waals surface area (Å²) in [7, 11) is 0. The molecule has 0 saturated heterocycles. The van der Waals surface area contributed by atoms with Crippen LogP contribution in [0.3, 0.4) is 0 Å². The number of nitrogens with two attached hydrogens (primary N) is 1. The molecule has 2 N–H and O–H groups in total. The molecule has 76 valence electrons. The fourth-order valence-corrected chi connectivity index (χ4v) is 1.24. The largest absolute Gasteiger partial charge is 0.399 e. The van der Waals surface area contributed by atoms with Crippen LogP contribution in [0.15, 0.2) is 23.3 Å². The van der Waals surface area contributed by atoms with Gasteiger partial charge in [-0.1, -0.05) is 28.6 Å². The van der Waals surface area contributed by atoms with Gasteiger partial charge in [0.1, 0.15) is 0 Å². The monoisotopic (exact) mass is 220 g/mol. The maximum Gasteiger partial charge on any atom is 0.0438 e. The van der Waals surface area contributed by atoms with Crippen molar-refractivity contribution in [3.05, 3.63) is 39.2 Å². The van der Waals surface area contributed by atoms with Crippen LogP contribution in [0.4, 0.5) is 5.69 Å². The zero-order valence-electron chi connectivity index (χ0n) is 7.94. The van der Waals surface area contributed by atoms with E-state index in [0.717, 1.165) is 5.56 Å². The molecule has 0 unspecified atom stereocenters. The van der Waals surface area contributed by atoms with Crippen molar-refractivity contribution >= 4 is 17.3 Å². The Kier molecular flexibility index (Phi) is 4.36. The molecular weight excluding hydrogens is 212 g/mol. The highest BCUT2D eigenvalue weighted by Gasteiger charge is 1.93. The van der Waals surface area contributed by atoms with Crippen molar-refractivity contribution in [2.45, 2.75) is 6.42 Å². The standard InChI is InChI=1S/C10H9ClN4/c11-9-5-8(6-10(12)7-9)3-1-2-4-14-15-13/h5-7H,2,4,12H2. The highest BCUT2D eigenvalue weighted by Crippen LogP contribution is 2.15. The van der Waals surface area contributed by atoms with E-state index in [4.69, 9.17) is 22.9 Å². The molecule has 0 aliphatic rings. The van der Waals surface area contributed by atoms with Crippen molar-refractivity contribution in [3.63, 3.8) is 0 Å². The average molecular weight is 221 g/mol. The summed E-state index contributed by atoms with van der Waals surface area (Å²) in [5, 5.41) is 3.93. The van der Waals surface area contributed by atoms with Crippen molar-refractivity contribution in [2.24, 2.45) is 5.11 Å². The summed E-state index contributed by atoms with van der Waals surface area (Å²) in [4.78, 5) is 2.62. The molecule has 1 rings (SSSR count). The first kappa shape index (κ1) is 11.3. The van der Waals surface area contributed by atoms with Gasteiger partial charge >= 0.3 is 0 Å². The van der Waals surface area contributed by atoms with Crippen LogP contribution in [-0.2, 0) is 0 Å². The van der Waals surface area contributed by atoms with Crippen molar-refractivity contribution in [1.29, 1.82) is 0 Å². The van der Waals surface area contributed by atoms with Crippen molar-refractivity contribution in [1.82, 2.24) is 0 Å². The van der Waals surface area contributed by atoms with Crippen LogP contribution < -0.4 is 5.73 Å². The number of nitrogens with zero attached hydrogens (tertiary/aromatic N) is 3. The van der Waals surface area contributed by atoms with Gasteiger partial charge in [-0.15, -0.1) is 0 Å². The zero-order chi connectivity index (χ0) is 11.1. The lowest BCUT2D eigenvalue weighted by Gasteiger charge is -1.95. The Morgan fingerprint density at radius 2 is 2.27 bits per heavy atom. The maximum absolute atomic E-state index is 8.03. The third-order valence-electron chi connectivity index (χ3n) is 1.55. The molecule has 0 aliphatic carbocycles. The Morgan fingerprint density at radius 3 is 2.93 bits per heavy atom. The van der Waals surface area contributed by atoms with Gasteiger partial charge in [0.05, 0.1) is 0 Å². The highest BCUT2D eigenvalue weighted by atomic mass is 35.5. The van der Waals surface area contributed by atoms with Gasteiger partial charge in [-0.3, -0.25) is 0 Å². The first-order valence-electron chi connectivity index (χ1n) is 4.28. The Morgan fingerprint density at radius 1 is 1.47 bits per heavy atom. The number of azide groups is 1. The Hall–Kier alpha value is -1.82. The predicted octanol–water partition coefficient (Wildman–Crippen LogP) is 2.97. The summed E-state index contributed by atoms with van der Waals surface area (Å²) >= 11 is 5.80. The average Bonchev–Trinajstić information content (AvgIpc) is 2.16. The first-order chi connectivity index (χ1) is 7.22. The summed E-state index contributed by atoms with van der Waals surface area (Å²) in [6.07, 6.45) is 0.524. The quantitative estimate of drug-likeness (QED) is 0.204. The number of nitrogen functional groups attached to an aromatic ring is 1. The van der Waals surface area contributed by atoms with E-state index in [1.807, 2.05) is 0 Å². The van der Waals surface area contributed by atoms with E-state index >= 15 is 0 Å². The Bertz CT molecular complexity index is 432. The molecule has 1 aromatic carbocycles. The minimum Gasteiger partial charge on any atom is -0.399 e. The molecule has 1 aromatic rings. The second-order valence-corrected chi connectivity index (χ2v) is 3.22. The second-order valence-electron chi connectivity index (χ2n) is 2.78. The number of rotatable bonds is 2. The maximum atomic E-state index is 8.03. The van der Waals surface area contributed by atoms with Gasteiger partial charge in [-0.2, -0.15) is 0 Å². The number of benzene rings is 1. The van der Waals surface area contributed by atoms with Crippen molar-refractivity contribution in [3.8, 4) is 11.8 Å². The summed E-state index contributed by atoms with van der Waals surface area (Å²) in [5.41, 5.74) is 15.0. The molecule has 0 heterocycles. The van der Waals surface area contributed by atoms with E-state index < -0.39 is 0 Å². The van der Waals surface area contributed by atoms with Gasteiger partial charge in [-0.25, -0.2) is 0 Å². The first-order valence-corrected chi connectivity index (χ1v) is 4.66. The normalized spacial score (nSPS) is 8.60. The predicted molar refractivity (Wildman–Crippen MR) is 61.4 cm³/mol. The molecular formula is C10H9ClN4. The summed E-state index contributed by atoms with van der Waals surface area (Å²) in [6, 6.07) is 5.14. The molecule has 0 fully saturated rings. The van der Waals surface area contributed by atoms with Gasteiger partial charge < -0.3 is 5.73 Å². The molecule has 15 heavy (non-hydrogen) atoms. The summed E-state index contributed by atoms with van der Waals surface area (Å²) in [5.74, 6) is 5.75. The third-order valence-corrected chi connectivity index (χ3v) is 1.77. The lowest BCUT2D eigenvalue weighted by molar-refractivity contribution is 1.01. The van der Waals surface area contributed by atoms with Crippen LogP contribution in [0.5, 0.6) is 0 Å². The molecule has 0 bridgehead atoms. The number of hydrogen-bond acceptors (Lipinski definition) is 2. The van der Waals surface area contributed by atoms with Gasteiger partial charge in [0.2, 0.25) is 0 Å². The summed E-state index contributed by atoms with van der Waals surface area (Å²) in [6.45, 7) is 0.375. The molecule has 0 radical (unpaired) electrons. The topological polar surface area (TPSA) is 74.8 Å². The Labute approximate surface area is 92.7 Å². The van der Waals surface area contributed by atoms with Crippen LogP contribution in [0, 0.1) is 11.8 Å². The van der Waals surface area contributed by atoms with Crippen molar-refractivity contribution in [2.75, 3.05) is 12.3 Å². The molecule has 4 nitrogen and oxygen atoms in total. The van der Waals surface area contributed by atoms with E-state index in [1.165, 1.54) is 0 Å². The molecule has 0 aromatic heterocycles. The number of hydrogen-bond donors (Lipinski definition) is 1. The molecule has 0 spiro atoms. The van der Waals surface area contributed by atoms with Gasteiger partial charge in [0, 0.05) is 34.2 Å². The van der Waals surface area contributed by atoms with Crippen molar-refractivity contribution < 1.29 is 0 Å². The van der Waals surface area contributed by atoms with E-state index in [9.17, 15) is 0 Å².